The summed E-state index contributed by atoms with van der Waals surface area (Å²) in [5, 5.41) is 4.17. The molecule has 0 unspecified atom stereocenters. The second kappa shape index (κ2) is 13.4. The Hall–Kier alpha value is -4.58. The maximum Gasteiger partial charge on any atom is 0.220 e. The maximum absolute atomic E-state index is 13.6. The second-order valence-electron chi connectivity index (χ2n) is 11.0. The van der Waals surface area contributed by atoms with E-state index < -0.39 is 0 Å². The van der Waals surface area contributed by atoms with Gasteiger partial charge in [0.15, 0.2) is 11.5 Å². The highest BCUT2D eigenvalue weighted by Gasteiger charge is 2.24. The molecule has 1 aromatic heterocycles. The molecule has 0 spiro atoms. The monoisotopic (exact) mass is 564 g/mol. The minimum atomic E-state index is -0.255. The van der Waals surface area contributed by atoms with Crippen LogP contribution in [-0.2, 0) is 17.9 Å². The second-order valence-corrected chi connectivity index (χ2v) is 11.0. The van der Waals surface area contributed by atoms with E-state index in [4.69, 9.17) is 9.47 Å². The van der Waals surface area contributed by atoms with Gasteiger partial charge in [0.2, 0.25) is 5.91 Å². The summed E-state index contributed by atoms with van der Waals surface area (Å²) in [5.74, 6) is 1.12. The van der Waals surface area contributed by atoms with Gasteiger partial charge in [-0.3, -0.25) is 4.79 Å². The Labute approximate surface area is 246 Å². The number of rotatable bonds is 12. The van der Waals surface area contributed by atoms with Crippen LogP contribution in [0.5, 0.6) is 11.5 Å². The number of methoxy groups -OCH3 is 1. The van der Waals surface area contributed by atoms with Crippen LogP contribution in [0, 0.1) is 11.7 Å². The zero-order valence-corrected chi connectivity index (χ0v) is 24.3. The lowest BCUT2D eigenvalue weighted by Crippen LogP contribution is -2.28. The zero-order valence-electron chi connectivity index (χ0n) is 24.3. The average molecular weight is 565 g/mol. The van der Waals surface area contributed by atoms with Gasteiger partial charge >= 0.3 is 0 Å². The molecule has 1 N–H and O–H groups in total. The average Bonchev–Trinajstić information content (AvgIpc) is 3.37. The van der Waals surface area contributed by atoms with Crippen molar-refractivity contribution in [1.29, 1.82) is 0 Å². The summed E-state index contributed by atoms with van der Waals surface area (Å²) >= 11 is 0. The van der Waals surface area contributed by atoms with Gasteiger partial charge in [0.25, 0.3) is 0 Å². The van der Waals surface area contributed by atoms with Crippen molar-refractivity contribution in [3.05, 3.63) is 131 Å². The summed E-state index contributed by atoms with van der Waals surface area (Å²) in [7, 11) is 1.63. The molecule has 0 radical (unpaired) electrons. The first-order valence-electron chi connectivity index (χ1n) is 14.3. The Morgan fingerprint density at radius 1 is 0.881 bits per heavy atom. The molecule has 5 rings (SSSR count). The number of carbonyl (C=O) groups is 1. The van der Waals surface area contributed by atoms with Crippen LogP contribution < -0.4 is 14.8 Å². The Morgan fingerprint density at radius 2 is 1.62 bits per heavy atom. The van der Waals surface area contributed by atoms with Crippen molar-refractivity contribution in [2.24, 2.45) is 5.92 Å². The molecule has 0 aliphatic heterocycles. The van der Waals surface area contributed by atoms with Gasteiger partial charge in [0, 0.05) is 42.5 Å². The smallest absolute Gasteiger partial charge is 0.220 e. The van der Waals surface area contributed by atoms with Crippen LogP contribution in [0.4, 0.5) is 4.39 Å². The summed E-state index contributed by atoms with van der Waals surface area (Å²) in [5.41, 5.74) is 5.13. The number of nitrogens with one attached hydrogen (secondary N) is 1. The van der Waals surface area contributed by atoms with Gasteiger partial charge in [0.1, 0.15) is 12.4 Å². The number of para-hydroxylation sites is 1. The fourth-order valence-electron chi connectivity index (χ4n) is 5.21. The Balaban J connectivity index is 1.52. The number of fused-ring (bicyclic) bond motifs is 1. The van der Waals surface area contributed by atoms with E-state index in [0.29, 0.717) is 37.1 Å². The number of aromatic nitrogens is 1. The van der Waals surface area contributed by atoms with Gasteiger partial charge in [-0.25, -0.2) is 4.39 Å². The van der Waals surface area contributed by atoms with Crippen LogP contribution in [0.15, 0.2) is 103 Å². The van der Waals surface area contributed by atoms with E-state index in [-0.39, 0.29) is 24.1 Å². The van der Waals surface area contributed by atoms with Gasteiger partial charge in [0.05, 0.1) is 7.11 Å². The number of halogens is 1. The maximum atomic E-state index is 13.6. The van der Waals surface area contributed by atoms with Crippen molar-refractivity contribution in [2.75, 3.05) is 13.7 Å². The van der Waals surface area contributed by atoms with E-state index in [9.17, 15) is 9.18 Å². The van der Waals surface area contributed by atoms with Crippen molar-refractivity contribution in [1.82, 2.24) is 9.88 Å². The summed E-state index contributed by atoms with van der Waals surface area (Å²) in [6.45, 7) is 5.80. The summed E-state index contributed by atoms with van der Waals surface area (Å²) < 4.78 is 27.6. The lowest BCUT2D eigenvalue weighted by Gasteiger charge is -2.20. The Bertz CT molecular complexity index is 1630. The molecule has 0 fully saturated rings. The third-order valence-corrected chi connectivity index (χ3v) is 7.39. The SMILES string of the molecule is COc1cc([C@H](CC(=O)NCC(C)C)c2cn(Cc3ccc(F)cc3)c3ccccc23)ccc1OCc1ccccc1. The third-order valence-electron chi connectivity index (χ3n) is 7.39. The van der Waals surface area contributed by atoms with E-state index in [0.717, 1.165) is 33.2 Å². The van der Waals surface area contributed by atoms with E-state index in [1.165, 1.54) is 12.1 Å². The van der Waals surface area contributed by atoms with Crippen molar-refractivity contribution in [3.8, 4) is 11.5 Å². The van der Waals surface area contributed by atoms with E-state index >= 15 is 0 Å². The third kappa shape index (κ3) is 7.00. The van der Waals surface area contributed by atoms with Crippen LogP contribution in [0.25, 0.3) is 10.9 Å². The molecule has 5 aromatic rings. The molecule has 5 nitrogen and oxygen atoms in total. The molecule has 0 saturated carbocycles. The number of nitrogens with zero attached hydrogens (tertiary/aromatic N) is 1. The quantitative estimate of drug-likeness (QED) is 0.169. The minimum absolute atomic E-state index is 0.00700. The number of hydrogen-bond acceptors (Lipinski definition) is 3. The molecule has 0 aliphatic carbocycles. The first-order valence-corrected chi connectivity index (χ1v) is 14.3. The molecule has 0 saturated heterocycles. The molecule has 1 atom stereocenters. The van der Waals surface area contributed by atoms with Gasteiger partial charge < -0.3 is 19.4 Å². The van der Waals surface area contributed by atoms with Gasteiger partial charge in [-0.05, 0) is 58.5 Å². The van der Waals surface area contributed by atoms with Gasteiger partial charge in [-0.15, -0.1) is 0 Å². The minimum Gasteiger partial charge on any atom is -0.493 e. The number of amides is 1. The van der Waals surface area contributed by atoms with Crippen LogP contribution >= 0.6 is 0 Å². The van der Waals surface area contributed by atoms with E-state index in [1.807, 2.05) is 60.7 Å². The van der Waals surface area contributed by atoms with E-state index in [1.54, 1.807) is 19.2 Å². The lowest BCUT2D eigenvalue weighted by atomic mass is 9.87. The molecule has 4 aromatic carbocycles. The molecule has 42 heavy (non-hydrogen) atoms. The predicted molar refractivity (Wildman–Crippen MR) is 166 cm³/mol. The Kier molecular flexibility index (Phi) is 9.22. The first kappa shape index (κ1) is 28.9. The van der Waals surface area contributed by atoms with Crippen molar-refractivity contribution in [3.63, 3.8) is 0 Å². The molecular formula is C36H37FN2O3. The van der Waals surface area contributed by atoms with Crippen molar-refractivity contribution < 1.29 is 18.7 Å². The van der Waals surface area contributed by atoms with Crippen LogP contribution in [0.1, 0.15) is 48.4 Å². The van der Waals surface area contributed by atoms with Crippen LogP contribution in [0.2, 0.25) is 0 Å². The lowest BCUT2D eigenvalue weighted by molar-refractivity contribution is -0.121. The molecule has 216 valence electrons. The summed E-state index contributed by atoms with van der Waals surface area (Å²) in [6, 6.07) is 30.7. The molecule has 1 amide bonds. The molecule has 0 aliphatic rings. The molecule has 1 heterocycles. The Morgan fingerprint density at radius 3 is 2.36 bits per heavy atom. The molecule has 0 bridgehead atoms. The van der Waals surface area contributed by atoms with Crippen molar-refractivity contribution in [2.45, 2.75) is 39.3 Å². The van der Waals surface area contributed by atoms with Crippen LogP contribution in [-0.4, -0.2) is 24.1 Å². The van der Waals surface area contributed by atoms with Gasteiger partial charge in [-0.1, -0.05) is 80.6 Å². The predicted octanol–water partition coefficient (Wildman–Crippen LogP) is 7.71. The molecular weight excluding hydrogens is 527 g/mol. The highest BCUT2D eigenvalue weighted by molar-refractivity contribution is 5.87. The zero-order chi connectivity index (χ0) is 29.5. The number of carbonyl (C=O) groups excluding carboxylic acids is 1. The highest BCUT2D eigenvalue weighted by Crippen LogP contribution is 2.39. The van der Waals surface area contributed by atoms with Crippen molar-refractivity contribution >= 4 is 16.8 Å². The topological polar surface area (TPSA) is 52.5 Å². The number of benzene rings is 4. The van der Waals surface area contributed by atoms with Crippen LogP contribution in [0.3, 0.4) is 0 Å². The standard InChI is InChI=1S/C36H37FN2O3/c1-25(2)21-38-36(40)20-31(28-15-18-34(35(19-28)41-3)42-24-27-9-5-4-6-10-27)32-23-39(33-12-8-7-11-30(32)33)22-26-13-16-29(37)17-14-26/h4-19,23,25,31H,20-22,24H2,1-3H3,(H,38,40)/t31-/m0/s1. The fraction of sp³-hybridized carbons (Fsp3) is 0.250. The highest BCUT2D eigenvalue weighted by atomic mass is 19.1. The summed E-state index contributed by atoms with van der Waals surface area (Å²) in [4.78, 5) is 13.2. The first-order chi connectivity index (χ1) is 20.4. The summed E-state index contributed by atoms with van der Waals surface area (Å²) in [6.07, 6.45) is 2.41. The van der Waals surface area contributed by atoms with Gasteiger partial charge in [-0.2, -0.15) is 0 Å². The normalized spacial score (nSPS) is 11.9. The molecule has 6 heteroatoms. The fourth-order valence-corrected chi connectivity index (χ4v) is 5.21. The number of hydrogen-bond donors (Lipinski definition) is 1. The van der Waals surface area contributed by atoms with E-state index in [2.05, 4.69) is 42.1 Å². The number of ether oxygens (including phenoxy) is 2. The largest absolute Gasteiger partial charge is 0.493 e.